The maximum atomic E-state index is 2.73. The van der Waals surface area contributed by atoms with Crippen molar-refractivity contribution < 1.29 is 0 Å². The Morgan fingerprint density at radius 1 is 0.325 bits per heavy atom. The second kappa shape index (κ2) is 19.6. The monoisotopic (exact) mass is 1090 g/mol. The third-order valence-electron chi connectivity index (χ3n) is 19.8. The Morgan fingerprint density at radius 3 is 1.33 bits per heavy atom. The van der Waals surface area contributed by atoms with Crippen molar-refractivity contribution in [1.29, 1.82) is 0 Å². The van der Waals surface area contributed by atoms with Gasteiger partial charge in [0.1, 0.15) is 0 Å². The van der Waals surface area contributed by atoms with Gasteiger partial charge in [0.05, 0.1) is 5.69 Å². The molecule has 3 heteroatoms. The van der Waals surface area contributed by atoms with E-state index in [0.29, 0.717) is 0 Å². The first kappa shape index (κ1) is 56.1. The van der Waals surface area contributed by atoms with E-state index in [0.717, 1.165) is 12.8 Å². The molecule has 420 valence electrons. The molecule has 0 bridgehead atoms. The number of nitrogens with zero attached hydrogens (tertiary/aromatic N) is 2. The molecule has 2 nitrogen and oxygen atoms in total. The highest BCUT2D eigenvalue weighted by molar-refractivity contribution is 7.00. The van der Waals surface area contributed by atoms with Gasteiger partial charge in [-0.15, -0.1) is 0 Å². The molecule has 1 aliphatic carbocycles. The normalized spacial score (nSPS) is 15.6. The Hall–Kier alpha value is -7.36. The van der Waals surface area contributed by atoms with E-state index in [2.05, 4.69) is 322 Å². The van der Waals surface area contributed by atoms with E-state index in [1.54, 1.807) is 0 Å². The minimum Gasteiger partial charge on any atom is -0.311 e. The molecule has 0 amide bonds. The standard InChI is InChI=1S/C80H87BN2/c1-74(2,3)55-37-35-53(36-38-55)52-31-33-54(34-32-52)63-46-58(75(4,5)6)40-42-68(63)83-70-51-65-64(77(10,11)43-44-78(65,12)13)50-67(70)81-66-41-39-60(80(16,17)57-27-22-19-23-28-57)47-69(66)82(71-48-61(76(7,8)9)49-72(83)73(71)81)62-30-24-29-59(45-62)79(14,15)56-25-20-18-21-26-56/h18-42,45-51H,43-44H2,1-17H3. The molecule has 83 heavy (non-hydrogen) atoms. The summed E-state index contributed by atoms with van der Waals surface area (Å²) in [7, 11) is 0. The van der Waals surface area contributed by atoms with Crippen molar-refractivity contribution in [2.75, 3.05) is 9.80 Å². The molecule has 9 aromatic rings. The lowest BCUT2D eigenvalue weighted by atomic mass is 9.33. The summed E-state index contributed by atoms with van der Waals surface area (Å²) in [6.45, 7) is 40.6. The van der Waals surface area contributed by atoms with Crippen LogP contribution < -0.4 is 26.2 Å². The summed E-state index contributed by atoms with van der Waals surface area (Å²) in [5.41, 5.74) is 27.8. The van der Waals surface area contributed by atoms with Gasteiger partial charge in [-0.25, -0.2) is 0 Å². The molecule has 0 fully saturated rings. The minimum absolute atomic E-state index is 0.00264. The summed E-state index contributed by atoms with van der Waals surface area (Å²) in [6.07, 6.45) is 2.28. The Labute approximate surface area is 499 Å². The number of hydrogen-bond donors (Lipinski definition) is 0. The molecule has 0 aromatic heterocycles. The highest BCUT2D eigenvalue weighted by Crippen LogP contribution is 2.53. The highest BCUT2D eigenvalue weighted by atomic mass is 15.2. The Morgan fingerprint density at radius 2 is 0.771 bits per heavy atom. The number of anilines is 6. The zero-order valence-corrected chi connectivity index (χ0v) is 52.9. The fraction of sp³-hybridized carbons (Fsp3) is 0.325. The van der Waals surface area contributed by atoms with Crippen LogP contribution in [0.2, 0.25) is 0 Å². The van der Waals surface area contributed by atoms with E-state index in [-0.39, 0.29) is 44.6 Å². The number of fused-ring (bicyclic) bond motifs is 5. The molecule has 2 aliphatic heterocycles. The van der Waals surface area contributed by atoms with E-state index in [9.17, 15) is 0 Å². The molecular formula is C80H87BN2. The first-order valence-electron chi connectivity index (χ1n) is 30.7. The van der Waals surface area contributed by atoms with Gasteiger partial charge < -0.3 is 9.80 Å². The predicted octanol–water partition coefficient (Wildman–Crippen LogP) is 20.0. The van der Waals surface area contributed by atoms with E-state index in [1.807, 2.05) is 0 Å². The van der Waals surface area contributed by atoms with Crippen LogP contribution in [0, 0.1) is 0 Å². The molecule has 0 radical (unpaired) electrons. The molecule has 0 spiro atoms. The average molecular weight is 1090 g/mol. The van der Waals surface area contributed by atoms with Crippen molar-refractivity contribution >= 4 is 57.2 Å². The van der Waals surface area contributed by atoms with Gasteiger partial charge in [0, 0.05) is 44.8 Å². The van der Waals surface area contributed by atoms with Crippen LogP contribution in [0.4, 0.5) is 34.1 Å². The summed E-state index contributed by atoms with van der Waals surface area (Å²) in [6, 6.07) is 75.7. The van der Waals surface area contributed by atoms with Crippen LogP contribution in [-0.2, 0) is 37.9 Å². The Kier molecular flexibility index (Phi) is 13.3. The highest BCUT2D eigenvalue weighted by Gasteiger charge is 2.48. The van der Waals surface area contributed by atoms with Crippen molar-refractivity contribution in [3.8, 4) is 22.3 Å². The predicted molar refractivity (Wildman–Crippen MR) is 360 cm³/mol. The van der Waals surface area contributed by atoms with Gasteiger partial charge in [-0.3, -0.25) is 0 Å². The summed E-state index contributed by atoms with van der Waals surface area (Å²) in [5.74, 6) is 0. The van der Waals surface area contributed by atoms with Gasteiger partial charge in [-0.05, 0) is 172 Å². The van der Waals surface area contributed by atoms with E-state index >= 15 is 0 Å². The summed E-state index contributed by atoms with van der Waals surface area (Å²) in [4.78, 5) is 5.39. The van der Waals surface area contributed by atoms with E-state index in [1.165, 1.54) is 123 Å². The Balaban J connectivity index is 1.17. The smallest absolute Gasteiger partial charge is 0.252 e. The van der Waals surface area contributed by atoms with E-state index in [4.69, 9.17) is 0 Å². The molecule has 3 aliphatic rings. The fourth-order valence-corrected chi connectivity index (χ4v) is 13.9. The average Bonchev–Trinajstić information content (AvgIpc) is 2.13. The first-order chi connectivity index (χ1) is 39.0. The van der Waals surface area contributed by atoms with Crippen LogP contribution >= 0.6 is 0 Å². The topological polar surface area (TPSA) is 6.48 Å². The van der Waals surface area contributed by atoms with Gasteiger partial charge >= 0.3 is 0 Å². The SMILES string of the molecule is CC(C)(C)c1ccc(-c2ccc(-c3cc(C(C)(C)C)ccc3N3c4cc5c(cc4B4c6ccc(C(C)(C)c7ccccc7)cc6N(c6cccc(C(C)(C)c7ccccc7)c6)c6cc(C(C)(C)C)cc3c64)C(C)(C)CCC5(C)C)cc2)cc1. The molecule has 0 saturated carbocycles. The van der Waals surface area contributed by atoms with Crippen LogP contribution in [0.25, 0.3) is 22.3 Å². The van der Waals surface area contributed by atoms with Gasteiger partial charge in [0.15, 0.2) is 0 Å². The molecular weight excluding hydrogens is 1000 g/mol. The zero-order chi connectivity index (χ0) is 59.0. The maximum absolute atomic E-state index is 2.73. The molecule has 0 atom stereocenters. The van der Waals surface area contributed by atoms with Gasteiger partial charge in [0.25, 0.3) is 6.71 Å². The summed E-state index contributed by atoms with van der Waals surface area (Å²) in [5, 5.41) is 0. The third kappa shape index (κ3) is 9.69. The van der Waals surface area contributed by atoms with Crippen LogP contribution in [0.15, 0.2) is 194 Å². The number of benzene rings is 9. The molecule has 0 N–H and O–H groups in total. The summed E-state index contributed by atoms with van der Waals surface area (Å²) < 4.78 is 0. The lowest BCUT2D eigenvalue weighted by molar-refractivity contribution is 0.332. The Bertz CT molecular complexity index is 3950. The zero-order valence-electron chi connectivity index (χ0n) is 52.9. The van der Waals surface area contributed by atoms with Crippen LogP contribution in [0.3, 0.4) is 0 Å². The molecule has 2 heterocycles. The largest absolute Gasteiger partial charge is 0.311 e. The van der Waals surface area contributed by atoms with Crippen LogP contribution in [-0.4, -0.2) is 6.71 Å². The van der Waals surface area contributed by atoms with Gasteiger partial charge in [-0.2, -0.15) is 0 Å². The maximum Gasteiger partial charge on any atom is 0.252 e. The van der Waals surface area contributed by atoms with Crippen molar-refractivity contribution in [2.45, 2.75) is 168 Å². The van der Waals surface area contributed by atoms with Crippen molar-refractivity contribution in [2.24, 2.45) is 0 Å². The number of hydrogen-bond acceptors (Lipinski definition) is 2. The quantitative estimate of drug-likeness (QED) is 0.140. The first-order valence-corrected chi connectivity index (χ1v) is 30.7. The van der Waals surface area contributed by atoms with Crippen LogP contribution in [0.1, 0.15) is 181 Å². The van der Waals surface area contributed by atoms with Gasteiger partial charge in [0.2, 0.25) is 0 Å². The second-order valence-electron chi connectivity index (χ2n) is 30.2. The third-order valence-corrected chi connectivity index (χ3v) is 19.8. The van der Waals surface area contributed by atoms with Crippen molar-refractivity contribution in [3.05, 3.63) is 244 Å². The van der Waals surface area contributed by atoms with Crippen LogP contribution in [0.5, 0.6) is 0 Å². The van der Waals surface area contributed by atoms with Gasteiger partial charge in [-0.1, -0.05) is 263 Å². The molecule has 0 unspecified atom stereocenters. The number of rotatable bonds is 8. The van der Waals surface area contributed by atoms with Crippen molar-refractivity contribution in [1.82, 2.24) is 0 Å². The van der Waals surface area contributed by atoms with Crippen molar-refractivity contribution in [3.63, 3.8) is 0 Å². The summed E-state index contributed by atoms with van der Waals surface area (Å²) >= 11 is 0. The molecule has 9 aromatic carbocycles. The molecule has 0 saturated heterocycles. The lowest BCUT2D eigenvalue weighted by Gasteiger charge is -2.48. The second-order valence-corrected chi connectivity index (χ2v) is 30.2. The molecule has 12 rings (SSSR count). The lowest BCUT2D eigenvalue weighted by Crippen LogP contribution is -2.62. The van der Waals surface area contributed by atoms with E-state index < -0.39 is 0 Å². The fourth-order valence-electron chi connectivity index (χ4n) is 13.9. The minimum atomic E-state index is -0.265.